The molecular formula is C26H24N6O2. The summed E-state index contributed by atoms with van der Waals surface area (Å²) in [5.74, 6) is 0.519. The van der Waals surface area contributed by atoms with Crippen LogP contribution in [0.15, 0.2) is 48.8 Å². The number of fused-ring (bicyclic) bond motifs is 2. The van der Waals surface area contributed by atoms with Crippen molar-refractivity contribution in [1.82, 2.24) is 20.1 Å². The van der Waals surface area contributed by atoms with Gasteiger partial charge in [-0.25, -0.2) is 0 Å². The SMILES string of the molecule is COc1cncc(-c2n[nH]c3ccc(-c4ccc(N)c5c4CN(CC(C)(C)C#N)C5=O)cc23)c1. The summed E-state index contributed by atoms with van der Waals surface area (Å²) in [6, 6.07) is 13.9. The lowest BCUT2D eigenvalue weighted by Gasteiger charge is -2.23. The zero-order valence-electron chi connectivity index (χ0n) is 19.2. The summed E-state index contributed by atoms with van der Waals surface area (Å²) < 4.78 is 5.31. The molecule has 3 N–H and O–H groups in total. The van der Waals surface area contributed by atoms with Crippen molar-refractivity contribution in [2.75, 3.05) is 19.4 Å². The topological polar surface area (TPSA) is 121 Å². The monoisotopic (exact) mass is 452 g/mol. The first kappa shape index (κ1) is 21.5. The largest absolute Gasteiger partial charge is 0.495 e. The Morgan fingerprint density at radius 2 is 2.03 bits per heavy atom. The number of aromatic amines is 1. The predicted octanol–water partition coefficient (Wildman–Crippen LogP) is 4.39. The number of hydrogen-bond donors (Lipinski definition) is 2. The van der Waals surface area contributed by atoms with Crippen LogP contribution in [0.3, 0.4) is 0 Å². The van der Waals surface area contributed by atoms with Crippen LogP contribution in [0.25, 0.3) is 33.3 Å². The van der Waals surface area contributed by atoms with Crippen molar-refractivity contribution in [2.24, 2.45) is 5.41 Å². The van der Waals surface area contributed by atoms with Crippen LogP contribution in [-0.4, -0.2) is 39.6 Å². The second-order valence-electron chi connectivity index (χ2n) is 9.16. The van der Waals surface area contributed by atoms with Crippen molar-refractivity contribution in [3.63, 3.8) is 0 Å². The molecule has 1 amide bonds. The molecule has 1 aliphatic heterocycles. The zero-order chi connectivity index (χ0) is 24.0. The van der Waals surface area contributed by atoms with Gasteiger partial charge < -0.3 is 15.4 Å². The molecule has 8 nitrogen and oxygen atoms in total. The van der Waals surface area contributed by atoms with Gasteiger partial charge in [-0.2, -0.15) is 10.4 Å². The van der Waals surface area contributed by atoms with Gasteiger partial charge in [-0.05, 0) is 54.8 Å². The van der Waals surface area contributed by atoms with E-state index < -0.39 is 5.41 Å². The fourth-order valence-electron chi connectivity index (χ4n) is 4.48. The molecule has 170 valence electrons. The second-order valence-corrected chi connectivity index (χ2v) is 9.16. The van der Waals surface area contributed by atoms with Crippen LogP contribution in [0.1, 0.15) is 29.8 Å². The Labute approximate surface area is 197 Å². The Morgan fingerprint density at radius 3 is 2.79 bits per heavy atom. The molecular weight excluding hydrogens is 428 g/mol. The molecule has 34 heavy (non-hydrogen) atoms. The number of methoxy groups -OCH3 is 1. The average Bonchev–Trinajstić information content (AvgIpc) is 3.40. The molecule has 3 heterocycles. The van der Waals surface area contributed by atoms with Gasteiger partial charge in [0.25, 0.3) is 5.91 Å². The number of nitrogen functional groups attached to an aromatic ring is 1. The number of hydrogen-bond acceptors (Lipinski definition) is 6. The molecule has 0 atom stereocenters. The maximum Gasteiger partial charge on any atom is 0.256 e. The van der Waals surface area contributed by atoms with E-state index in [1.807, 2.05) is 38.1 Å². The summed E-state index contributed by atoms with van der Waals surface area (Å²) in [5, 5.41) is 18.0. The van der Waals surface area contributed by atoms with Gasteiger partial charge in [-0.15, -0.1) is 0 Å². The van der Waals surface area contributed by atoms with Crippen molar-refractivity contribution in [2.45, 2.75) is 20.4 Å². The van der Waals surface area contributed by atoms with Gasteiger partial charge in [-0.1, -0.05) is 12.1 Å². The van der Waals surface area contributed by atoms with Crippen LogP contribution in [-0.2, 0) is 6.54 Å². The molecule has 0 aliphatic carbocycles. The molecule has 0 radical (unpaired) electrons. The first-order valence-corrected chi connectivity index (χ1v) is 10.9. The van der Waals surface area contributed by atoms with Crippen LogP contribution < -0.4 is 10.5 Å². The van der Waals surface area contributed by atoms with Gasteiger partial charge in [-0.3, -0.25) is 14.9 Å². The predicted molar refractivity (Wildman–Crippen MR) is 130 cm³/mol. The van der Waals surface area contributed by atoms with Crippen LogP contribution in [0, 0.1) is 16.7 Å². The second kappa shape index (κ2) is 7.89. The van der Waals surface area contributed by atoms with E-state index in [4.69, 9.17) is 10.5 Å². The van der Waals surface area contributed by atoms with Crippen LogP contribution >= 0.6 is 0 Å². The number of amides is 1. The number of nitrogens with zero attached hydrogens (tertiary/aromatic N) is 4. The number of anilines is 1. The van der Waals surface area contributed by atoms with Gasteiger partial charge in [0, 0.05) is 35.9 Å². The van der Waals surface area contributed by atoms with Gasteiger partial charge in [0.1, 0.15) is 11.4 Å². The summed E-state index contributed by atoms with van der Waals surface area (Å²) in [4.78, 5) is 19.1. The molecule has 2 aromatic heterocycles. The van der Waals surface area contributed by atoms with Crippen LogP contribution in [0.4, 0.5) is 5.69 Å². The third-order valence-corrected chi connectivity index (χ3v) is 6.18. The number of nitriles is 1. The minimum atomic E-state index is -0.651. The third-order valence-electron chi connectivity index (χ3n) is 6.18. The normalized spacial score (nSPS) is 13.2. The lowest BCUT2D eigenvalue weighted by Crippen LogP contribution is -2.33. The molecule has 1 aliphatic rings. The highest BCUT2D eigenvalue weighted by Gasteiger charge is 2.35. The average molecular weight is 453 g/mol. The number of rotatable bonds is 5. The lowest BCUT2D eigenvalue weighted by molar-refractivity contribution is 0.0739. The molecule has 0 fully saturated rings. The Bertz CT molecular complexity index is 1480. The number of pyridine rings is 1. The summed E-state index contributed by atoms with van der Waals surface area (Å²) in [7, 11) is 1.60. The fourth-order valence-corrected chi connectivity index (χ4v) is 4.48. The molecule has 2 aromatic carbocycles. The highest BCUT2D eigenvalue weighted by Crippen LogP contribution is 2.39. The van der Waals surface area contributed by atoms with Gasteiger partial charge in [0.05, 0.1) is 35.9 Å². The molecule has 8 heteroatoms. The zero-order valence-corrected chi connectivity index (χ0v) is 19.2. The van der Waals surface area contributed by atoms with E-state index >= 15 is 0 Å². The third kappa shape index (κ3) is 3.52. The maximum atomic E-state index is 13.2. The van der Waals surface area contributed by atoms with Gasteiger partial charge in [0.15, 0.2) is 0 Å². The number of ether oxygens (including phenoxy) is 1. The number of aromatic nitrogens is 3. The van der Waals surface area contributed by atoms with Crippen molar-refractivity contribution in [3.05, 3.63) is 59.9 Å². The Morgan fingerprint density at radius 1 is 1.21 bits per heavy atom. The molecule has 0 bridgehead atoms. The number of H-pyrrole nitrogens is 1. The van der Waals surface area contributed by atoms with Crippen LogP contribution in [0.5, 0.6) is 5.75 Å². The smallest absolute Gasteiger partial charge is 0.256 e. The lowest BCUT2D eigenvalue weighted by atomic mass is 9.94. The van der Waals surface area contributed by atoms with Crippen LogP contribution in [0.2, 0.25) is 0 Å². The number of benzene rings is 2. The number of nitrogens with one attached hydrogen (secondary N) is 1. The standard InChI is InChI=1S/C26H24N6O2/c1-26(2,13-27)14-32-12-20-18(5-6-21(28)23(20)25(32)33)15-4-7-22-19(9-15)24(31-30-22)16-8-17(34-3)11-29-10-16/h4-11H,12,14,28H2,1-3H3,(H,30,31). The van der Waals surface area contributed by atoms with E-state index in [1.165, 1.54) is 0 Å². The minimum absolute atomic E-state index is 0.134. The summed E-state index contributed by atoms with van der Waals surface area (Å²) >= 11 is 0. The molecule has 5 rings (SSSR count). The highest BCUT2D eigenvalue weighted by molar-refractivity contribution is 6.06. The van der Waals surface area contributed by atoms with Gasteiger partial charge >= 0.3 is 0 Å². The molecule has 0 saturated carbocycles. The van der Waals surface area contributed by atoms with Crippen molar-refractivity contribution in [1.29, 1.82) is 5.26 Å². The summed E-state index contributed by atoms with van der Waals surface area (Å²) in [6.45, 7) is 4.41. The Balaban J connectivity index is 1.60. The van der Waals surface area contributed by atoms with E-state index in [9.17, 15) is 10.1 Å². The number of carbonyl (C=O) groups is 1. The molecule has 0 unspecified atom stereocenters. The molecule has 4 aromatic rings. The van der Waals surface area contributed by atoms with Gasteiger partial charge in [0.2, 0.25) is 0 Å². The molecule has 0 saturated heterocycles. The summed E-state index contributed by atoms with van der Waals surface area (Å²) in [5.41, 5.74) is 11.8. The number of nitrogens with two attached hydrogens (primary N) is 1. The van der Waals surface area contributed by atoms with E-state index in [1.54, 1.807) is 30.5 Å². The van der Waals surface area contributed by atoms with Crippen molar-refractivity contribution in [3.8, 4) is 34.2 Å². The highest BCUT2D eigenvalue weighted by atomic mass is 16.5. The van der Waals surface area contributed by atoms with E-state index in [0.29, 0.717) is 30.1 Å². The van der Waals surface area contributed by atoms with E-state index in [2.05, 4.69) is 27.3 Å². The van der Waals surface area contributed by atoms with Crippen molar-refractivity contribution >= 4 is 22.5 Å². The summed E-state index contributed by atoms with van der Waals surface area (Å²) in [6.07, 6.45) is 3.40. The number of carbonyl (C=O) groups excluding carboxylic acids is 1. The fraction of sp³-hybridized carbons (Fsp3) is 0.231. The van der Waals surface area contributed by atoms with E-state index in [0.717, 1.165) is 38.9 Å². The quantitative estimate of drug-likeness (QED) is 0.433. The maximum absolute atomic E-state index is 13.2. The Hall–Kier alpha value is -4.38. The first-order valence-electron chi connectivity index (χ1n) is 10.9. The minimum Gasteiger partial charge on any atom is -0.495 e. The Kier molecular flexibility index (Phi) is 4.98. The molecule has 0 spiro atoms. The van der Waals surface area contributed by atoms with Crippen molar-refractivity contribution < 1.29 is 9.53 Å². The first-order chi connectivity index (χ1) is 16.3. The van der Waals surface area contributed by atoms with E-state index in [-0.39, 0.29) is 5.91 Å².